The van der Waals surface area contributed by atoms with Crippen LogP contribution in [-0.4, -0.2) is 31.7 Å². The number of hydrogen-bond acceptors (Lipinski definition) is 7. The number of rotatable bonds is 9. The molecule has 0 saturated carbocycles. The fourth-order valence-electron chi connectivity index (χ4n) is 3.66. The van der Waals surface area contributed by atoms with Crippen molar-refractivity contribution in [2.24, 2.45) is 0 Å². The highest BCUT2D eigenvalue weighted by atomic mass is 79.9. The molecule has 40 heavy (non-hydrogen) atoms. The first-order valence-electron chi connectivity index (χ1n) is 11.2. The second-order valence-electron chi connectivity index (χ2n) is 8.55. The molecule has 1 N–H and O–H groups in total. The van der Waals surface area contributed by atoms with Gasteiger partial charge < -0.3 is 13.8 Å². The van der Waals surface area contributed by atoms with E-state index >= 15 is 0 Å². The summed E-state index contributed by atoms with van der Waals surface area (Å²) in [7, 11) is -7.92. The van der Waals surface area contributed by atoms with Gasteiger partial charge in [-0.3, -0.25) is 9.46 Å². The van der Waals surface area contributed by atoms with Crippen LogP contribution < -0.4 is 4.90 Å². The number of alkyl halides is 2. The number of nitrogens with zero attached hydrogens (tertiary/aromatic N) is 2. The first kappa shape index (κ1) is 30.6. The molecule has 4 rings (SSSR count). The Hall–Kier alpha value is -2.31. The molecule has 0 spiro atoms. The first-order chi connectivity index (χ1) is 18.6. The highest BCUT2D eigenvalue weighted by Gasteiger charge is 2.53. The summed E-state index contributed by atoms with van der Waals surface area (Å²) in [4.78, 5) is 15.7. The Bertz CT molecular complexity index is 1720. The molecule has 0 amide bonds. The third kappa shape index (κ3) is 6.28. The van der Waals surface area contributed by atoms with E-state index in [2.05, 4.69) is 25.4 Å². The first-order valence-corrected chi connectivity index (χ1v) is 16.2. The van der Waals surface area contributed by atoms with Crippen LogP contribution in [0.2, 0.25) is 10.0 Å². The zero-order valence-electron chi connectivity index (χ0n) is 20.7. The molecule has 1 atom stereocenters. The van der Waals surface area contributed by atoms with Crippen LogP contribution in [-0.2, 0) is 31.1 Å². The van der Waals surface area contributed by atoms with Gasteiger partial charge in [0.1, 0.15) is 0 Å². The summed E-state index contributed by atoms with van der Waals surface area (Å²) in [6.07, 6.45) is 2.56. The largest absolute Gasteiger partial charge is 0.423 e. The number of halogens is 5. The molecule has 0 aliphatic rings. The van der Waals surface area contributed by atoms with Crippen LogP contribution >= 0.6 is 46.7 Å². The van der Waals surface area contributed by atoms with E-state index in [0.717, 1.165) is 19.4 Å². The molecule has 0 aliphatic carbocycles. The van der Waals surface area contributed by atoms with Gasteiger partial charge in [-0.05, 0) is 54.1 Å². The van der Waals surface area contributed by atoms with Crippen molar-refractivity contribution in [2.45, 2.75) is 17.1 Å². The van der Waals surface area contributed by atoms with Crippen LogP contribution in [0.4, 0.5) is 20.5 Å². The molecule has 0 bridgehead atoms. The van der Waals surface area contributed by atoms with Crippen molar-refractivity contribution in [3.05, 3.63) is 92.5 Å². The van der Waals surface area contributed by atoms with Crippen molar-refractivity contribution in [1.29, 1.82) is 0 Å². The lowest BCUT2D eigenvalue weighted by molar-refractivity contribution is 0.0503. The molecule has 1 aromatic heterocycles. The molecule has 4 aromatic rings. The maximum atomic E-state index is 14.7. The summed E-state index contributed by atoms with van der Waals surface area (Å²) < 4.78 is 74.9. The van der Waals surface area contributed by atoms with Crippen LogP contribution in [0, 0.1) is 0 Å². The minimum absolute atomic E-state index is 0.0520. The minimum Gasteiger partial charge on any atom is -0.423 e. The van der Waals surface area contributed by atoms with Gasteiger partial charge in [0.05, 0.1) is 27.7 Å². The van der Waals surface area contributed by atoms with Crippen LogP contribution in [0.15, 0.2) is 80.6 Å². The van der Waals surface area contributed by atoms with Gasteiger partial charge in [-0.1, -0.05) is 51.3 Å². The van der Waals surface area contributed by atoms with Crippen LogP contribution in [0.1, 0.15) is 11.1 Å². The molecule has 1 heterocycles. The molecule has 15 heteroatoms. The monoisotopic (exact) mass is 694 g/mol. The second-order valence-corrected chi connectivity index (χ2v) is 14.2. The molecule has 1 unspecified atom stereocenters. The van der Waals surface area contributed by atoms with E-state index in [9.17, 15) is 26.7 Å². The highest BCUT2D eigenvalue weighted by molar-refractivity contribution is 9.10. The lowest BCUT2D eigenvalue weighted by Crippen LogP contribution is -2.18. The van der Waals surface area contributed by atoms with E-state index in [1.54, 1.807) is 35.2 Å². The Kier molecular flexibility index (Phi) is 8.83. The Labute approximate surface area is 247 Å². The van der Waals surface area contributed by atoms with Crippen molar-refractivity contribution >= 4 is 68.3 Å². The summed E-state index contributed by atoms with van der Waals surface area (Å²) in [6.45, 7) is 0.0520. The normalized spacial score (nSPS) is 13.7. The molecule has 212 valence electrons. The van der Waals surface area contributed by atoms with E-state index in [1.165, 1.54) is 30.5 Å². The number of aromatic nitrogens is 1. The number of anilines is 2. The topological polar surface area (TPSA) is 110 Å². The molecule has 8 nitrogen and oxygen atoms in total. The van der Waals surface area contributed by atoms with Crippen LogP contribution in [0.5, 0.6) is 0 Å². The summed E-state index contributed by atoms with van der Waals surface area (Å²) in [5, 5.41) is 0.562. The Morgan fingerprint density at radius 3 is 2.35 bits per heavy atom. The van der Waals surface area contributed by atoms with Gasteiger partial charge in [-0.25, -0.2) is 13.4 Å². The van der Waals surface area contributed by atoms with E-state index in [-0.39, 0.29) is 27.0 Å². The molecule has 0 saturated heterocycles. The predicted molar refractivity (Wildman–Crippen MR) is 152 cm³/mol. The fourth-order valence-corrected chi connectivity index (χ4v) is 6.14. The number of hydrogen-bond donors (Lipinski definition) is 1. The number of benzene rings is 3. The molecule has 0 aliphatic heterocycles. The van der Waals surface area contributed by atoms with Crippen LogP contribution in [0.25, 0.3) is 11.3 Å². The van der Waals surface area contributed by atoms with Gasteiger partial charge in [0, 0.05) is 34.7 Å². The zero-order chi connectivity index (χ0) is 29.5. The maximum absolute atomic E-state index is 14.7. The summed E-state index contributed by atoms with van der Waals surface area (Å²) in [5.41, 5.74) is -3.30. The average Bonchev–Trinajstić information content (AvgIpc) is 3.38. The van der Waals surface area contributed by atoms with Crippen molar-refractivity contribution in [1.82, 2.24) is 4.98 Å². The van der Waals surface area contributed by atoms with Gasteiger partial charge in [0.2, 0.25) is 0 Å². The smallest absolute Gasteiger partial charge is 0.401 e. The SMILES string of the molecule is COP(=O)(O)C(F)(F)c1ccc(CN(c2ccc(Cl)c(Cl)c2)c2ncc(-c3ccc(S(C)(=O)=O)cc3)o2)cc1Br. The van der Waals surface area contributed by atoms with Crippen molar-refractivity contribution in [3.8, 4) is 11.3 Å². The van der Waals surface area contributed by atoms with E-state index in [1.807, 2.05) is 0 Å². The Balaban J connectivity index is 1.72. The van der Waals surface area contributed by atoms with Gasteiger partial charge in [-0.15, -0.1) is 0 Å². The van der Waals surface area contributed by atoms with E-state index in [0.29, 0.717) is 27.6 Å². The van der Waals surface area contributed by atoms with Gasteiger partial charge in [0.15, 0.2) is 15.6 Å². The van der Waals surface area contributed by atoms with Crippen molar-refractivity contribution in [3.63, 3.8) is 0 Å². The maximum Gasteiger partial charge on any atom is 0.401 e. The van der Waals surface area contributed by atoms with E-state index < -0.39 is 28.7 Å². The third-order valence-corrected chi connectivity index (χ3v) is 9.78. The standard InChI is InChI=1S/C25H20BrCl2F2N2O6PS/c1-37-39(33,34)25(29,30)19-9-3-15(11-20(19)26)14-32(17-6-10-21(27)22(28)12-17)24-31-13-23(38-24)16-4-7-18(8-5-16)40(2,35)36/h3-13H,14H2,1-2H3,(H,33,34). The summed E-state index contributed by atoms with van der Waals surface area (Å²) in [5.74, 6) is 0.342. The predicted octanol–water partition coefficient (Wildman–Crippen LogP) is 8.03. The number of oxazole rings is 1. The quantitative estimate of drug-likeness (QED) is 0.175. The molecule has 0 fully saturated rings. The molecule has 3 aromatic carbocycles. The fraction of sp³-hybridized carbons (Fsp3) is 0.160. The van der Waals surface area contributed by atoms with Crippen molar-refractivity contribution < 1.29 is 35.6 Å². The van der Waals surface area contributed by atoms with Gasteiger partial charge in [0.25, 0.3) is 0 Å². The van der Waals surface area contributed by atoms with Crippen molar-refractivity contribution in [2.75, 3.05) is 18.3 Å². The Morgan fingerprint density at radius 1 is 1.10 bits per heavy atom. The van der Waals surface area contributed by atoms with Gasteiger partial charge >= 0.3 is 19.3 Å². The Morgan fingerprint density at radius 2 is 1.77 bits per heavy atom. The summed E-state index contributed by atoms with van der Waals surface area (Å²) >= 11 is 15.4. The second kappa shape index (κ2) is 11.5. The third-order valence-electron chi connectivity index (χ3n) is 5.81. The highest BCUT2D eigenvalue weighted by Crippen LogP contribution is 2.63. The molecular formula is C25H20BrCl2F2N2O6PS. The number of sulfone groups is 1. The molecule has 0 radical (unpaired) electrons. The zero-order valence-corrected chi connectivity index (χ0v) is 25.5. The lowest BCUT2D eigenvalue weighted by Gasteiger charge is -2.24. The van der Waals surface area contributed by atoms with Crippen LogP contribution in [0.3, 0.4) is 0 Å². The average molecular weight is 696 g/mol. The summed E-state index contributed by atoms with van der Waals surface area (Å²) in [6, 6.07) is 14.8. The van der Waals surface area contributed by atoms with E-state index in [4.69, 9.17) is 27.6 Å². The molecular weight excluding hydrogens is 676 g/mol. The van der Waals surface area contributed by atoms with Gasteiger partial charge in [-0.2, -0.15) is 8.78 Å². The lowest BCUT2D eigenvalue weighted by atomic mass is 10.1. The minimum atomic E-state index is -5.27.